The van der Waals surface area contributed by atoms with Gasteiger partial charge in [-0.2, -0.15) is 0 Å². The third kappa shape index (κ3) is 18.5. The number of benzene rings is 2. The molecule has 59 heavy (non-hydrogen) atoms. The molecule has 2 aliphatic rings. The van der Waals surface area contributed by atoms with Crippen LogP contribution in [0, 0.1) is 17.6 Å². The first kappa shape index (κ1) is 49.9. The van der Waals surface area contributed by atoms with E-state index >= 15 is 0 Å². The Morgan fingerprint density at radius 2 is 1.14 bits per heavy atom. The maximum absolute atomic E-state index is 13.4. The van der Waals surface area contributed by atoms with E-state index < -0.39 is 12.2 Å². The fourth-order valence-corrected chi connectivity index (χ4v) is 5.54. The Bertz CT molecular complexity index is 1630. The first-order valence-electron chi connectivity index (χ1n) is 20.0. The summed E-state index contributed by atoms with van der Waals surface area (Å²) in [6.45, 7) is 23.5. The fourth-order valence-electron chi connectivity index (χ4n) is 5.54. The van der Waals surface area contributed by atoms with Crippen LogP contribution in [0.2, 0.25) is 0 Å². The molecular formula is C43H62F2N4O10. The number of alkyl carbamates (subject to hydrolysis) is 2. The lowest BCUT2D eigenvalue weighted by Crippen LogP contribution is -2.55. The third-order valence-electron chi connectivity index (χ3n) is 8.70. The number of ether oxygens (including phenoxy) is 6. The lowest BCUT2D eigenvalue weighted by Gasteiger charge is -2.38. The summed E-state index contributed by atoms with van der Waals surface area (Å²) in [6.07, 6.45) is 1.15. The monoisotopic (exact) mass is 832 g/mol. The first-order valence-corrected chi connectivity index (χ1v) is 20.0. The van der Waals surface area contributed by atoms with E-state index in [0.29, 0.717) is 70.7 Å². The largest absolute Gasteiger partial charge is 0.491 e. The van der Waals surface area contributed by atoms with E-state index in [0.717, 1.165) is 11.1 Å². The lowest BCUT2D eigenvalue weighted by atomic mass is 10.0. The van der Waals surface area contributed by atoms with Crippen LogP contribution in [-0.4, -0.2) is 125 Å². The van der Waals surface area contributed by atoms with Gasteiger partial charge in [-0.05, 0) is 47.2 Å². The molecule has 0 aromatic heterocycles. The molecule has 2 aromatic carbocycles. The second kappa shape index (κ2) is 27.5. The summed E-state index contributed by atoms with van der Waals surface area (Å²) in [5, 5.41) is 5.18. The summed E-state index contributed by atoms with van der Waals surface area (Å²) in [5.41, 5.74) is 1.88. The van der Waals surface area contributed by atoms with Crippen LogP contribution >= 0.6 is 0 Å². The molecule has 328 valence electrons. The first-order chi connectivity index (χ1) is 28.3. The molecule has 0 bridgehead atoms. The van der Waals surface area contributed by atoms with Gasteiger partial charge in [0.25, 0.3) is 0 Å². The summed E-state index contributed by atoms with van der Waals surface area (Å²) in [6, 6.07) is 9.04. The van der Waals surface area contributed by atoms with Crippen LogP contribution < -0.4 is 20.1 Å². The van der Waals surface area contributed by atoms with Crippen molar-refractivity contribution in [2.75, 3.05) is 85.5 Å². The molecule has 16 heteroatoms. The smallest absolute Gasteiger partial charge is 0.407 e. The normalized spacial score (nSPS) is 13.4. The Morgan fingerprint density at radius 1 is 0.695 bits per heavy atom. The minimum absolute atomic E-state index is 0.107. The molecule has 2 heterocycles. The number of amides is 4. The molecule has 0 unspecified atom stereocenters. The van der Waals surface area contributed by atoms with Gasteiger partial charge in [0.2, 0.25) is 11.8 Å². The van der Waals surface area contributed by atoms with E-state index in [1.807, 2.05) is 41.5 Å². The standard InChI is InChI=1S/C21H29FN2O5.C20H27FN2O5.C2H6/c1-4-20(25)24-12-16(13-24)14-29-21(26)23-7-8-27-9-10-28-19-11-17(22)5-6-18(19)15(2)3;1-4-19(24)23-12-16(13-23)28-20(25)22-7-8-26-9-10-27-18-11-15(21)5-6-17(18)14(2)3;1-2/h4-6,11,15-16H,1,7-10,12-14H2,2-3H3,(H,23,26);4-6,11,14,16H,1,7-10,12-13H2,2-3H3,(H,22,25);1-2H3. The van der Waals surface area contributed by atoms with Crippen molar-refractivity contribution in [2.45, 2.75) is 59.5 Å². The lowest BCUT2D eigenvalue weighted by molar-refractivity contribution is -0.136. The SMILES string of the molecule is C=CC(=O)N1CC(COC(=O)NCCOCCOc2cc(F)ccc2C(C)C)C1.C=CC(=O)N1CC(OC(=O)NCCOCCOc2cc(F)ccc2C(C)C)C1.CC. The Balaban J connectivity index is 0.000000391. The highest BCUT2D eigenvalue weighted by Gasteiger charge is 2.32. The van der Waals surface area contributed by atoms with Gasteiger partial charge in [-0.15, -0.1) is 0 Å². The number of nitrogens with one attached hydrogen (secondary N) is 2. The van der Waals surface area contributed by atoms with Crippen LogP contribution in [0.25, 0.3) is 0 Å². The molecule has 4 rings (SSSR count). The number of carbonyl (C=O) groups excluding carboxylic acids is 4. The van der Waals surface area contributed by atoms with E-state index in [1.165, 1.54) is 41.3 Å². The zero-order chi connectivity index (χ0) is 43.7. The molecule has 0 atom stereocenters. The van der Waals surface area contributed by atoms with Gasteiger partial charge in [0, 0.05) is 44.2 Å². The average molecular weight is 833 g/mol. The second-order valence-corrected chi connectivity index (χ2v) is 13.8. The van der Waals surface area contributed by atoms with Gasteiger partial charge in [-0.25, -0.2) is 18.4 Å². The van der Waals surface area contributed by atoms with Crippen molar-refractivity contribution in [1.82, 2.24) is 20.4 Å². The third-order valence-corrected chi connectivity index (χ3v) is 8.70. The molecule has 2 aromatic rings. The molecule has 0 aliphatic carbocycles. The zero-order valence-corrected chi connectivity index (χ0v) is 35.3. The average Bonchev–Trinajstić information content (AvgIpc) is 3.18. The molecule has 0 radical (unpaired) electrons. The topological polar surface area (TPSA) is 154 Å². The van der Waals surface area contributed by atoms with E-state index in [9.17, 15) is 28.0 Å². The number of hydrogen-bond acceptors (Lipinski definition) is 10. The highest BCUT2D eigenvalue weighted by Crippen LogP contribution is 2.28. The van der Waals surface area contributed by atoms with Gasteiger partial charge in [0.05, 0.1) is 46.1 Å². The molecule has 2 aliphatic heterocycles. The Morgan fingerprint density at radius 3 is 1.58 bits per heavy atom. The van der Waals surface area contributed by atoms with Crippen LogP contribution in [0.3, 0.4) is 0 Å². The number of rotatable bonds is 21. The molecule has 2 fully saturated rings. The van der Waals surface area contributed by atoms with Crippen LogP contribution in [0.15, 0.2) is 61.7 Å². The van der Waals surface area contributed by atoms with Gasteiger partial charge < -0.3 is 48.9 Å². The van der Waals surface area contributed by atoms with Crippen molar-refractivity contribution in [1.29, 1.82) is 0 Å². The number of halogens is 2. The molecule has 2 N–H and O–H groups in total. The molecular weight excluding hydrogens is 770 g/mol. The molecule has 0 saturated carbocycles. The summed E-state index contributed by atoms with van der Waals surface area (Å²) in [4.78, 5) is 49.0. The predicted molar refractivity (Wildman–Crippen MR) is 220 cm³/mol. The van der Waals surface area contributed by atoms with Crippen LogP contribution in [0.5, 0.6) is 11.5 Å². The maximum atomic E-state index is 13.4. The highest BCUT2D eigenvalue weighted by atomic mass is 19.1. The van der Waals surface area contributed by atoms with E-state index in [4.69, 9.17) is 28.4 Å². The summed E-state index contributed by atoms with van der Waals surface area (Å²) < 4.78 is 59.0. The van der Waals surface area contributed by atoms with Crippen molar-refractivity contribution < 1.29 is 56.4 Å². The molecule has 4 amide bonds. The molecule has 2 saturated heterocycles. The number of carbonyl (C=O) groups is 4. The number of nitrogens with zero attached hydrogens (tertiary/aromatic N) is 2. The maximum Gasteiger partial charge on any atom is 0.407 e. The van der Waals surface area contributed by atoms with Crippen molar-refractivity contribution in [3.05, 3.63) is 84.5 Å². The second-order valence-electron chi connectivity index (χ2n) is 13.8. The molecule has 14 nitrogen and oxygen atoms in total. The predicted octanol–water partition coefficient (Wildman–Crippen LogP) is 6.21. The van der Waals surface area contributed by atoms with E-state index in [-0.39, 0.29) is 73.7 Å². The highest BCUT2D eigenvalue weighted by molar-refractivity contribution is 5.88. The van der Waals surface area contributed by atoms with E-state index in [2.05, 4.69) is 23.8 Å². The van der Waals surface area contributed by atoms with Crippen molar-refractivity contribution >= 4 is 24.0 Å². The quantitative estimate of drug-likeness (QED) is 0.110. The van der Waals surface area contributed by atoms with Crippen molar-refractivity contribution in [2.24, 2.45) is 5.92 Å². The summed E-state index contributed by atoms with van der Waals surface area (Å²) >= 11 is 0. The molecule has 0 spiro atoms. The summed E-state index contributed by atoms with van der Waals surface area (Å²) in [5.74, 6) is 0.702. The minimum atomic E-state index is -0.545. The van der Waals surface area contributed by atoms with Crippen LogP contribution in [0.4, 0.5) is 18.4 Å². The number of likely N-dealkylation sites (tertiary alicyclic amines) is 2. The van der Waals surface area contributed by atoms with Gasteiger partial charge >= 0.3 is 12.2 Å². The van der Waals surface area contributed by atoms with Gasteiger partial charge in [0.1, 0.15) is 42.5 Å². The summed E-state index contributed by atoms with van der Waals surface area (Å²) in [7, 11) is 0. The van der Waals surface area contributed by atoms with Crippen LogP contribution in [-0.2, 0) is 28.5 Å². The van der Waals surface area contributed by atoms with Crippen LogP contribution in [0.1, 0.15) is 64.5 Å². The zero-order valence-electron chi connectivity index (χ0n) is 35.3. The Hall–Kier alpha value is -5.22. The number of hydrogen-bond donors (Lipinski definition) is 2. The van der Waals surface area contributed by atoms with E-state index in [1.54, 1.807) is 17.0 Å². The van der Waals surface area contributed by atoms with Gasteiger partial charge in [-0.1, -0.05) is 66.8 Å². The Labute approximate surface area is 347 Å². The van der Waals surface area contributed by atoms with Gasteiger partial charge in [-0.3, -0.25) is 9.59 Å². The van der Waals surface area contributed by atoms with Crippen molar-refractivity contribution in [3.63, 3.8) is 0 Å². The Kier molecular flexibility index (Phi) is 23.2. The van der Waals surface area contributed by atoms with Gasteiger partial charge in [0.15, 0.2) is 0 Å². The van der Waals surface area contributed by atoms with Crippen molar-refractivity contribution in [3.8, 4) is 11.5 Å². The minimum Gasteiger partial charge on any atom is -0.491 e. The fraction of sp³-hybridized carbons (Fsp3) is 0.535.